The average molecular weight is 608 g/mol. The van der Waals surface area contributed by atoms with Gasteiger partial charge < -0.3 is 19.7 Å². The van der Waals surface area contributed by atoms with Crippen molar-refractivity contribution in [1.29, 1.82) is 0 Å². The van der Waals surface area contributed by atoms with Gasteiger partial charge in [-0.2, -0.15) is 0 Å². The van der Waals surface area contributed by atoms with Crippen molar-refractivity contribution in [1.82, 2.24) is 10.2 Å². The molecule has 2 amide bonds. The number of methoxy groups -OCH3 is 2. The largest absolute Gasteiger partial charge is 0.497 e. The van der Waals surface area contributed by atoms with Crippen LogP contribution in [0, 0.1) is 6.92 Å². The van der Waals surface area contributed by atoms with Crippen molar-refractivity contribution < 1.29 is 27.5 Å². The number of amides is 2. The van der Waals surface area contributed by atoms with Gasteiger partial charge in [-0.05, 0) is 68.1 Å². The molecule has 230 valence electrons. The topological polar surface area (TPSA) is 105 Å². The molecule has 0 spiro atoms. The zero-order valence-electron chi connectivity index (χ0n) is 25.3. The summed E-state index contributed by atoms with van der Waals surface area (Å²) in [6.07, 6.45) is 4.30. The number of anilines is 1. The van der Waals surface area contributed by atoms with Crippen LogP contribution in [0.2, 0.25) is 0 Å². The van der Waals surface area contributed by atoms with Gasteiger partial charge in [0.15, 0.2) is 0 Å². The summed E-state index contributed by atoms with van der Waals surface area (Å²) in [4.78, 5) is 29.4. The van der Waals surface area contributed by atoms with E-state index in [0.29, 0.717) is 17.9 Å². The van der Waals surface area contributed by atoms with Gasteiger partial charge in [-0.15, -0.1) is 0 Å². The van der Waals surface area contributed by atoms with E-state index in [0.717, 1.165) is 41.1 Å². The molecule has 9 nitrogen and oxygen atoms in total. The molecule has 0 aliphatic heterocycles. The van der Waals surface area contributed by atoms with E-state index in [1.165, 1.54) is 24.1 Å². The third kappa shape index (κ3) is 7.87. The van der Waals surface area contributed by atoms with E-state index in [4.69, 9.17) is 9.47 Å². The molecule has 0 aromatic heterocycles. The minimum absolute atomic E-state index is 0.0569. The second-order valence-electron chi connectivity index (χ2n) is 10.8. The number of benzene rings is 3. The van der Waals surface area contributed by atoms with E-state index in [-0.39, 0.29) is 29.1 Å². The van der Waals surface area contributed by atoms with Crippen molar-refractivity contribution >= 4 is 27.5 Å². The number of rotatable bonds is 13. The summed E-state index contributed by atoms with van der Waals surface area (Å²) in [5.41, 5.74) is 1.98. The predicted octanol–water partition coefficient (Wildman–Crippen LogP) is 5.07. The van der Waals surface area contributed by atoms with Crippen molar-refractivity contribution in [2.24, 2.45) is 0 Å². The molecule has 1 atom stereocenters. The van der Waals surface area contributed by atoms with Crippen LogP contribution in [0.1, 0.15) is 50.2 Å². The van der Waals surface area contributed by atoms with Gasteiger partial charge in [0, 0.05) is 18.7 Å². The van der Waals surface area contributed by atoms with Crippen LogP contribution in [0.4, 0.5) is 5.69 Å². The first kappa shape index (κ1) is 31.9. The minimum Gasteiger partial charge on any atom is -0.497 e. The van der Waals surface area contributed by atoms with Gasteiger partial charge in [0.1, 0.15) is 24.1 Å². The molecule has 1 aliphatic carbocycles. The molecule has 10 heteroatoms. The van der Waals surface area contributed by atoms with Crippen LogP contribution in [-0.2, 0) is 26.2 Å². The van der Waals surface area contributed by atoms with Crippen molar-refractivity contribution in [2.45, 2.75) is 69.5 Å². The normalized spacial score (nSPS) is 14.1. The predicted molar refractivity (Wildman–Crippen MR) is 167 cm³/mol. The van der Waals surface area contributed by atoms with Crippen LogP contribution in [0.25, 0.3) is 0 Å². The molecule has 0 radical (unpaired) electrons. The lowest BCUT2D eigenvalue weighted by molar-refractivity contribution is -0.140. The number of carbonyl (C=O) groups is 2. The maximum absolute atomic E-state index is 14.3. The third-order valence-corrected chi connectivity index (χ3v) is 9.62. The van der Waals surface area contributed by atoms with Crippen LogP contribution < -0.4 is 19.1 Å². The molecule has 1 aliphatic rings. The average Bonchev–Trinajstić information content (AvgIpc) is 3.53. The molecule has 1 saturated carbocycles. The van der Waals surface area contributed by atoms with E-state index in [1.807, 2.05) is 26.0 Å². The van der Waals surface area contributed by atoms with E-state index in [9.17, 15) is 18.0 Å². The van der Waals surface area contributed by atoms with E-state index in [2.05, 4.69) is 5.32 Å². The molecule has 0 saturated heterocycles. The van der Waals surface area contributed by atoms with Gasteiger partial charge >= 0.3 is 0 Å². The summed E-state index contributed by atoms with van der Waals surface area (Å²) in [6.45, 7) is 3.34. The minimum atomic E-state index is -4.16. The highest BCUT2D eigenvalue weighted by Gasteiger charge is 2.34. The Bertz CT molecular complexity index is 1490. The van der Waals surface area contributed by atoms with Crippen LogP contribution in [0.3, 0.4) is 0 Å². The molecular formula is C33H41N3O6S. The number of sulfonamides is 1. The summed E-state index contributed by atoms with van der Waals surface area (Å²) in [5, 5.41) is 3.13. The molecule has 1 N–H and O–H groups in total. The molecule has 3 aromatic carbocycles. The summed E-state index contributed by atoms with van der Waals surface area (Å²) in [6, 6.07) is 19.6. The van der Waals surface area contributed by atoms with Crippen LogP contribution >= 0.6 is 0 Å². The standard InChI is InChI=1S/C33H41N3O6S/c1-5-31(33(38)34-26-9-6-7-10-26)35(22-25-15-17-28(41-3)18-16-25)32(37)23-36(27-11-8-12-29(21-27)42-4)43(39,40)30-19-13-24(2)14-20-30/h8,11-21,26,31H,5-7,9-10,22-23H2,1-4H3,(H,34,38)/t31-/m0/s1. The SMILES string of the molecule is CC[C@@H](C(=O)NC1CCCC1)N(Cc1ccc(OC)cc1)C(=O)CN(c1cccc(OC)c1)S(=O)(=O)c1ccc(C)cc1. The van der Waals surface area contributed by atoms with Gasteiger partial charge in [0.2, 0.25) is 11.8 Å². The fourth-order valence-corrected chi connectivity index (χ4v) is 6.75. The van der Waals surface area contributed by atoms with Gasteiger partial charge in [0.05, 0.1) is 24.8 Å². The molecule has 3 aromatic rings. The highest BCUT2D eigenvalue weighted by Crippen LogP contribution is 2.28. The Morgan fingerprint density at radius 2 is 1.58 bits per heavy atom. The van der Waals surface area contributed by atoms with Gasteiger partial charge in [0.25, 0.3) is 10.0 Å². The maximum Gasteiger partial charge on any atom is 0.264 e. The highest BCUT2D eigenvalue weighted by molar-refractivity contribution is 7.92. The second-order valence-corrected chi connectivity index (χ2v) is 12.7. The Morgan fingerprint density at radius 1 is 0.930 bits per heavy atom. The van der Waals surface area contributed by atoms with E-state index >= 15 is 0 Å². The first-order valence-corrected chi connectivity index (χ1v) is 16.1. The van der Waals surface area contributed by atoms with Crippen molar-refractivity contribution in [3.05, 3.63) is 83.9 Å². The fourth-order valence-electron chi connectivity index (χ4n) is 5.35. The Morgan fingerprint density at radius 3 is 2.19 bits per heavy atom. The van der Waals surface area contributed by atoms with Gasteiger partial charge in [-0.25, -0.2) is 8.42 Å². The van der Waals surface area contributed by atoms with Gasteiger partial charge in [-0.3, -0.25) is 13.9 Å². The Hall–Kier alpha value is -4.05. The van der Waals surface area contributed by atoms with Gasteiger partial charge in [-0.1, -0.05) is 55.7 Å². The smallest absolute Gasteiger partial charge is 0.264 e. The first-order chi connectivity index (χ1) is 20.7. The number of hydrogen-bond acceptors (Lipinski definition) is 6. The lowest BCUT2D eigenvalue weighted by Gasteiger charge is -2.34. The highest BCUT2D eigenvalue weighted by atomic mass is 32.2. The summed E-state index contributed by atoms with van der Waals surface area (Å²) in [5.74, 6) is 0.390. The third-order valence-electron chi connectivity index (χ3n) is 7.83. The number of aryl methyl sites for hydroxylation is 1. The Labute approximate surface area is 254 Å². The molecule has 0 unspecified atom stereocenters. The first-order valence-electron chi connectivity index (χ1n) is 14.6. The fraction of sp³-hybridized carbons (Fsp3) is 0.394. The molecule has 1 fully saturated rings. The zero-order chi connectivity index (χ0) is 31.0. The van der Waals surface area contributed by atoms with Crippen molar-refractivity contribution in [2.75, 3.05) is 25.1 Å². The lowest BCUT2D eigenvalue weighted by Crippen LogP contribution is -2.53. The van der Waals surface area contributed by atoms with Crippen molar-refractivity contribution in [3.63, 3.8) is 0 Å². The number of carbonyl (C=O) groups excluding carboxylic acids is 2. The van der Waals surface area contributed by atoms with E-state index in [1.54, 1.807) is 55.6 Å². The van der Waals surface area contributed by atoms with Crippen LogP contribution in [-0.4, -0.2) is 58.0 Å². The van der Waals surface area contributed by atoms with Crippen molar-refractivity contribution in [3.8, 4) is 11.5 Å². The zero-order valence-corrected chi connectivity index (χ0v) is 26.1. The number of ether oxygens (including phenoxy) is 2. The molecular weight excluding hydrogens is 566 g/mol. The number of nitrogens with zero attached hydrogens (tertiary/aromatic N) is 2. The summed E-state index contributed by atoms with van der Waals surface area (Å²) in [7, 11) is -1.09. The Kier molecular flexibility index (Phi) is 10.7. The van der Waals surface area contributed by atoms with Crippen LogP contribution in [0.15, 0.2) is 77.7 Å². The summed E-state index contributed by atoms with van der Waals surface area (Å²) >= 11 is 0. The summed E-state index contributed by atoms with van der Waals surface area (Å²) < 4.78 is 39.8. The number of hydrogen-bond donors (Lipinski definition) is 1. The quantitative estimate of drug-likeness (QED) is 0.291. The molecule has 0 heterocycles. The number of nitrogens with one attached hydrogen (secondary N) is 1. The molecule has 43 heavy (non-hydrogen) atoms. The lowest BCUT2D eigenvalue weighted by atomic mass is 10.1. The second kappa shape index (κ2) is 14.4. The van der Waals surface area contributed by atoms with Crippen LogP contribution in [0.5, 0.6) is 11.5 Å². The molecule has 4 rings (SSSR count). The maximum atomic E-state index is 14.3. The molecule has 0 bridgehead atoms. The Balaban J connectivity index is 1.72. The van der Waals surface area contributed by atoms with E-state index < -0.39 is 28.5 Å². The monoisotopic (exact) mass is 607 g/mol.